The molecule has 0 saturated heterocycles. The Hall–Kier alpha value is -4.66. The number of hydrogen-bond donors (Lipinski definition) is 1. The highest BCUT2D eigenvalue weighted by molar-refractivity contribution is 5.88. The first-order valence-corrected chi connectivity index (χ1v) is 11.6. The van der Waals surface area contributed by atoms with Gasteiger partial charge in [0.05, 0.1) is 18.5 Å². The van der Waals surface area contributed by atoms with Crippen molar-refractivity contribution in [2.24, 2.45) is 0 Å². The third kappa shape index (κ3) is 4.15. The van der Waals surface area contributed by atoms with Crippen LogP contribution < -0.4 is 15.6 Å². The lowest BCUT2D eigenvalue weighted by molar-refractivity contribution is -0.124. The molecule has 0 unspecified atom stereocenters. The SMILES string of the molecule is COc1ccc(CNC(=O)[C@@H](C)n2nc(C)c3nn(-c4ccccc4)c(-n4cccc4)c3c2=O)cc1. The molecule has 5 rings (SSSR count). The number of para-hydroxylation sites is 1. The lowest BCUT2D eigenvalue weighted by atomic mass is 10.2. The molecule has 0 fully saturated rings. The van der Waals surface area contributed by atoms with Crippen LogP contribution in [0.4, 0.5) is 0 Å². The van der Waals surface area contributed by atoms with E-state index in [0.717, 1.165) is 17.0 Å². The van der Waals surface area contributed by atoms with Gasteiger partial charge in [0.2, 0.25) is 5.91 Å². The summed E-state index contributed by atoms with van der Waals surface area (Å²) in [5, 5.41) is 12.5. The van der Waals surface area contributed by atoms with Gasteiger partial charge in [-0.3, -0.25) is 9.59 Å². The summed E-state index contributed by atoms with van der Waals surface area (Å²) in [4.78, 5) is 26.8. The van der Waals surface area contributed by atoms with E-state index in [1.54, 1.807) is 25.6 Å². The van der Waals surface area contributed by atoms with Crippen LogP contribution in [-0.4, -0.2) is 37.1 Å². The first kappa shape index (κ1) is 23.1. The van der Waals surface area contributed by atoms with Crippen molar-refractivity contribution in [1.29, 1.82) is 0 Å². The third-order valence-corrected chi connectivity index (χ3v) is 6.11. The predicted octanol–water partition coefficient (Wildman–Crippen LogP) is 3.57. The summed E-state index contributed by atoms with van der Waals surface area (Å²) in [5.74, 6) is 1.03. The number of hydrogen-bond acceptors (Lipinski definition) is 5. The highest BCUT2D eigenvalue weighted by atomic mass is 16.5. The fourth-order valence-electron chi connectivity index (χ4n) is 4.15. The van der Waals surface area contributed by atoms with Crippen molar-refractivity contribution in [3.63, 3.8) is 0 Å². The van der Waals surface area contributed by atoms with Gasteiger partial charge in [0.15, 0.2) is 5.82 Å². The number of aryl methyl sites for hydroxylation is 1. The van der Waals surface area contributed by atoms with Crippen LogP contribution in [0.2, 0.25) is 0 Å². The molecule has 1 N–H and O–H groups in total. The van der Waals surface area contributed by atoms with Gasteiger partial charge < -0.3 is 14.6 Å². The minimum Gasteiger partial charge on any atom is -0.497 e. The van der Waals surface area contributed by atoms with Crippen LogP contribution in [0.25, 0.3) is 22.4 Å². The van der Waals surface area contributed by atoms with Crippen LogP contribution >= 0.6 is 0 Å². The molecule has 0 aliphatic rings. The average molecular weight is 483 g/mol. The molecule has 5 aromatic rings. The van der Waals surface area contributed by atoms with Gasteiger partial charge in [-0.1, -0.05) is 30.3 Å². The Labute approximate surface area is 207 Å². The zero-order valence-corrected chi connectivity index (χ0v) is 20.3. The Morgan fingerprint density at radius 1 is 1.00 bits per heavy atom. The second-order valence-corrected chi connectivity index (χ2v) is 8.46. The standard InChI is InChI=1S/C27H26N6O3/c1-18-24-23(26(31-15-7-8-16-31)33(30-24)21-9-5-4-6-10-21)27(35)32(29-18)19(2)25(34)28-17-20-11-13-22(36-3)14-12-20/h4-16,19H,17H2,1-3H3,(H,28,34)/t19-/m1/s1. The molecular formula is C27H26N6O3. The van der Waals surface area contributed by atoms with Gasteiger partial charge in [0.25, 0.3) is 5.56 Å². The second-order valence-electron chi connectivity index (χ2n) is 8.46. The van der Waals surface area contributed by atoms with E-state index >= 15 is 0 Å². The second kappa shape index (κ2) is 9.53. The van der Waals surface area contributed by atoms with Crippen LogP contribution in [-0.2, 0) is 11.3 Å². The summed E-state index contributed by atoms with van der Waals surface area (Å²) in [6.07, 6.45) is 3.72. The molecule has 36 heavy (non-hydrogen) atoms. The molecule has 0 radical (unpaired) electrons. The summed E-state index contributed by atoms with van der Waals surface area (Å²) in [6.45, 7) is 3.78. The van der Waals surface area contributed by atoms with Crippen LogP contribution in [0.5, 0.6) is 5.75 Å². The van der Waals surface area contributed by atoms with Gasteiger partial charge in [0, 0.05) is 18.9 Å². The molecule has 2 aromatic carbocycles. The van der Waals surface area contributed by atoms with Crippen molar-refractivity contribution in [1.82, 2.24) is 29.4 Å². The van der Waals surface area contributed by atoms with Gasteiger partial charge in [-0.2, -0.15) is 10.2 Å². The third-order valence-electron chi connectivity index (χ3n) is 6.11. The number of ether oxygens (including phenoxy) is 1. The quantitative estimate of drug-likeness (QED) is 0.383. The Kier molecular flexibility index (Phi) is 6.12. The number of carbonyl (C=O) groups is 1. The molecule has 9 heteroatoms. The number of nitrogens with zero attached hydrogens (tertiary/aromatic N) is 5. The van der Waals surface area contributed by atoms with E-state index in [1.165, 1.54) is 4.68 Å². The average Bonchev–Trinajstić information content (AvgIpc) is 3.58. The minimum absolute atomic E-state index is 0.308. The van der Waals surface area contributed by atoms with Crippen molar-refractivity contribution in [3.8, 4) is 17.3 Å². The lowest BCUT2D eigenvalue weighted by Gasteiger charge is -2.15. The van der Waals surface area contributed by atoms with Crippen molar-refractivity contribution < 1.29 is 9.53 Å². The topological polar surface area (TPSA) is 96.0 Å². The summed E-state index contributed by atoms with van der Waals surface area (Å²) in [7, 11) is 1.60. The van der Waals surface area contributed by atoms with E-state index in [2.05, 4.69) is 10.4 Å². The molecule has 182 valence electrons. The predicted molar refractivity (Wildman–Crippen MR) is 137 cm³/mol. The number of nitrogens with one attached hydrogen (secondary N) is 1. The lowest BCUT2D eigenvalue weighted by Crippen LogP contribution is -2.37. The van der Waals surface area contributed by atoms with Crippen LogP contribution in [0, 0.1) is 6.92 Å². The number of benzene rings is 2. The first-order valence-electron chi connectivity index (χ1n) is 11.6. The zero-order valence-electron chi connectivity index (χ0n) is 20.3. The Morgan fingerprint density at radius 2 is 1.69 bits per heavy atom. The number of methoxy groups -OCH3 is 1. The molecule has 3 heterocycles. The number of carbonyl (C=O) groups excluding carboxylic acids is 1. The fraction of sp³-hybridized carbons (Fsp3) is 0.185. The summed E-state index contributed by atoms with van der Waals surface area (Å²) >= 11 is 0. The Bertz CT molecular complexity index is 1570. The molecule has 0 saturated carbocycles. The van der Waals surface area contributed by atoms with E-state index in [1.807, 2.05) is 83.7 Å². The number of amides is 1. The maximum atomic E-state index is 13.8. The smallest absolute Gasteiger partial charge is 0.280 e. The van der Waals surface area contributed by atoms with Crippen molar-refractivity contribution in [2.75, 3.05) is 7.11 Å². The fourth-order valence-corrected chi connectivity index (χ4v) is 4.15. The highest BCUT2D eigenvalue weighted by Gasteiger charge is 2.25. The zero-order chi connectivity index (χ0) is 25.2. The Morgan fingerprint density at radius 3 is 2.36 bits per heavy atom. The van der Waals surface area contributed by atoms with E-state index in [9.17, 15) is 9.59 Å². The van der Waals surface area contributed by atoms with E-state index in [-0.39, 0.29) is 11.5 Å². The number of fused-ring (bicyclic) bond motifs is 1. The van der Waals surface area contributed by atoms with E-state index < -0.39 is 6.04 Å². The van der Waals surface area contributed by atoms with Gasteiger partial charge in [0.1, 0.15) is 22.7 Å². The molecule has 1 amide bonds. The van der Waals surface area contributed by atoms with Gasteiger partial charge >= 0.3 is 0 Å². The van der Waals surface area contributed by atoms with Crippen LogP contribution in [0.1, 0.15) is 24.2 Å². The largest absolute Gasteiger partial charge is 0.497 e. The molecule has 0 bridgehead atoms. The molecule has 0 aliphatic carbocycles. The highest BCUT2D eigenvalue weighted by Crippen LogP contribution is 2.25. The Balaban J connectivity index is 1.54. The summed E-state index contributed by atoms with van der Waals surface area (Å²) < 4.78 is 10.0. The molecule has 3 aromatic heterocycles. The number of aromatic nitrogens is 5. The van der Waals surface area contributed by atoms with Crippen molar-refractivity contribution >= 4 is 16.8 Å². The van der Waals surface area contributed by atoms with Crippen molar-refractivity contribution in [3.05, 3.63) is 101 Å². The molecule has 0 aliphatic heterocycles. The summed E-state index contributed by atoms with van der Waals surface area (Å²) in [6, 6.07) is 20.0. The van der Waals surface area contributed by atoms with Gasteiger partial charge in [-0.05, 0) is 55.8 Å². The van der Waals surface area contributed by atoms with Gasteiger partial charge in [-0.15, -0.1) is 0 Å². The normalized spacial score (nSPS) is 12.0. The maximum absolute atomic E-state index is 13.8. The molecule has 1 atom stereocenters. The van der Waals surface area contributed by atoms with Crippen LogP contribution in [0.3, 0.4) is 0 Å². The van der Waals surface area contributed by atoms with E-state index in [4.69, 9.17) is 9.84 Å². The van der Waals surface area contributed by atoms with E-state index in [0.29, 0.717) is 29.0 Å². The van der Waals surface area contributed by atoms with Crippen molar-refractivity contribution in [2.45, 2.75) is 26.4 Å². The monoisotopic (exact) mass is 482 g/mol. The summed E-state index contributed by atoms with van der Waals surface area (Å²) in [5.41, 5.74) is 2.40. The molecular weight excluding hydrogens is 456 g/mol. The maximum Gasteiger partial charge on any atom is 0.280 e. The van der Waals surface area contributed by atoms with Crippen LogP contribution in [0.15, 0.2) is 83.9 Å². The first-order chi connectivity index (χ1) is 17.5. The molecule has 0 spiro atoms. The minimum atomic E-state index is -0.823. The molecule has 9 nitrogen and oxygen atoms in total. The number of rotatable bonds is 7. The van der Waals surface area contributed by atoms with Gasteiger partial charge in [-0.25, -0.2) is 9.36 Å².